The van der Waals surface area contributed by atoms with Crippen LogP contribution in [0.25, 0.3) is 22.5 Å². The number of pyridine rings is 1. The van der Waals surface area contributed by atoms with E-state index in [-0.39, 0.29) is 23.7 Å². The fourth-order valence-electron chi connectivity index (χ4n) is 4.72. The van der Waals surface area contributed by atoms with Crippen molar-refractivity contribution in [2.75, 3.05) is 18.2 Å². The minimum absolute atomic E-state index is 0.0444. The summed E-state index contributed by atoms with van der Waals surface area (Å²) in [5.74, 6) is 0.117. The normalized spacial score (nSPS) is 24.1. The first-order valence-corrected chi connectivity index (χ1v) is 12.0. The van der Waals surface area contributed by atoms with Crippen molar-refractivity contribution in [1.29, 1.82) is 0 Å². The molecule has 2 N–H and O–H groups in total. The lowest BCUT2D eigenvalue weighted by atomic mass is 9.96. The van der Waals surface area contributed by atoms with Gasteiger partial charge in [-0.1, -0.05) is 6.07 Å². The summed E-state index contributed by atoms with van der Waals surface area (Å²) in [6.45, 7) is 0. The fourth-order valence-corrected chi connectivity index (χ4v) is 5.14. The molecule has 2 aromatic heterocycles. The monoisotopic (exact) mass is 470 g/mol. The van der Waals surface area contributed by atoms with Gasteiger partial charge >= 0.3 is 0 Å². The number of alkyl halides is 1. The Morgan fingerprint density at radius 3 is 2.73 bits per heavy atom. The lowest BCUT2D eigenvalue weighted by Crippen LogP contribution is -2.55. The number of rotatable bonds is 5. The summed E-state index contributed by atoms with van der Waals surface area (Å²) in [5, 5.41) is 22.9. The molecule has 2 saturated heterocycles. The van der Waals surface area contributed by atoms with Crippen LogP contribution in [0.4, 0.5) is 14.6 Å². The number of aromatic hydroxyl groups is 1. The molecule has 5 rings (SSSR count). The van der Waals surface area contributed by atoms with Gasteiger partial charge in [0.15, 0.2) is 11.6 Å². The third-order valence-electron chi connectivity index (χ3n) is 6.51. The van der Waals surface area contributed by atoms with Crippen LogP contribution >= 0.6 is 11.8 Å². The van der Waals surface area contributed by atoms with Crippen LogP contribution in [0.3, 0.4) is 0 Å². The molecule has 7 nitrogen and oxygen atoms in total. The number of nitrogens with one attached hydrogen (secondary N) is 1. The Morgan fingerprint density at radius 1 is 1.15 bits per heavy atom. The van der Waals surface area contributed by atoms with Gasteiger partial charge in [-0.15, -0.1) is 22.0 Å². The molecule has 0 amide bonds. The second kappa shape index (κ2) is 8.83. The molecule has 3 aromatic rings. The number of aromatic nitrogens is 4. The molecule has 4 heterocycles. The molecule has 0 unspecified atom stereocenters. The van der Waals surface area contributed by atoms with E-state index in [1.165, 1.54) is 23.9 Å². The first kappa shape index (κ1) is 22.0. The molecule has 33 heavy (non-hydrogen) atoms. The molecule has 172 valence electrons. The van der Waals surface area contributed by atoms with Crippen LogP contribution < -0.4 is 10.2 Å². The molecule has 0 saturated carbocycles. The maximum absolute atomic E-state index is 14.9. The van der Waals surface area contributed by atoms with E-state index in [0.717, 1.165) is 12.8 Å². The van der Waals surface area contributed by atoms with Crippen molar-refractivity contribution in [3.63, 3.8) is 0 Å². The van der Waals surface area contributed by atoms with Gasteiger partial charge < -0.3 is 15.3 Å². The van der Waals surface area contributed by atoms with Gasteiger partial charge in [-0.25, -0.2) is 14.4 Å². The quantitative estimate of drug-likeness (QED) is 0.430. The van der Waals surface area contributed by atoms with Gasteiger partial charge in [0.05, 0.1) is 22.8 Å². The minimum atomic E-state index is -0.975. The van der Waals surface area contributed by atoms with Crippen LogP contribution in [0.15, 0.2) is 41.6 Å². The number of phenolic OH excluding ortho intramolecular Hbond substituents is 1. The smallest absolute Gasteiger partial charge is 0.214 e. The Hall–Kier alpha value is -2.85. The van der Waals surface area contributed by atoms with Crippen molar-refractivity contribution in [3.05, 3.63) is 42.5 Å². The second-order valence-corrected chi connectivity index (χ2v) is 9.33. The van der Waals surface area contributed by atoms with Crippen molar-refractivity contribution in [1.82, 2.24) is 25.5 Å². The first-order valence-electron chi connectivity index (χ1n) is 10.8. The average Bonchev–Trinajstić information content (AvgIpc) is 3.24. The number of thioether (sulfide) groups is 1. The Labute approximate surface area is 194 Å². The fraction of sp³-hybridized carbons (Fsp3) is 0.391. The number of hydrogen-bond donors (Lipinski definition) is 2. The van der Waals surface area contributed by atoms with Gasteiger partial charge in [0.1, 0.15) is 11.9 Å². The summed E-state index contributed by atoms with van der Waals surface area (Å²) in [5.41, 5.74) is 1.66. The average molecular weight is 471 g/mol. The van der Waals surface area contributed by atoms with Gasteiger partial charge in [0, 0.05) is 25.2 Å². The van der Waals surface area contributed by atoms with Crippen molar-refractivity contribution < 1.29 is 13.9 Å². The summed E-state index contributed by atoms with van der Waals surface area (Å²) in [4.78, 5) is 9.98. The summed E-state index contributed by atoms with van der Waals surface area (Å²) >= 11 is 1.34. The third kappa shape index (κ3) is 4.24. The van der Waals surface area contributed by atoms with Crippen LogP contribution in [0, 0.1) is 5.95 Å². The molecule has 4 atom stereocenters. The Balaban J connectivity index is 1.36. The Bertz CT molecular complexity index is 1160. The highest BCUT2D eigenvalue weighted by molar-refractivity contribution is 7.98. The number of phenols is 1. The molecule has 10 heteroatoms. The largest absolute Gasteiger partial charge is 0.507 e. The first-order chi connectivity index (χ1) is 15.9. The highest BCUT2D eigenvalue weighted by atomic mass is 32.2. The number of benzene rings is 1. The summed E-state index contributed by atoms with van der Waals surface area (Å²) in [6, 6.07) is 8.01. The molecule has 2 aliphatic rings. The van der Waals surface area contributed by atoms with Crippen LogP contribution in [-0.2, 0) is 0 Å². The van der Waals surface area contributed by atoms with E-state index in [0.29, 0.717) is 40.0 Å². The van der Waals surface area contributed by atoms with Gasteiger partial charge in [-0.05, 0) is 54.8 Å². The van der Waals surface area contributed by atoms with Crippen molar-refractivity contribution in [3.8, 4) is 28.3 Å². The molecule has 2 bridgehead atoms. The lowest BCUT2D eigenvalue weighted by molar-refractivity contribution is 0.176. The van der Waals surface area contributed by atoms with Gasteiger partial charge in [-0.3, -0.25) is 0 Å². The number of hydrogen-bond acceptors (Lipinski definition) is 8. The predicted octanol–water partition coefficient (Wildman–Crippen LogP) is 3.83. The zero-order valence-corrected chi connectivity index (χ0v) is 19.1. The molecule has 2 fully saturated rings. The zero-order valence-electron chi connectivity index (χ0n) is 18.2. The highest BCUT2D eigenvalue weighted by Crippen LogP contribution is 2.35. The maximum atomic E-state index is 14.9. The van der Waals surface area contributed by atoms with E-state index in [1.54, 1.807) is 24.4 Å². The van der Waals surface area contributed by atoms with Crippen molar-refractivity contribution >= 4 is 17.6 Å². The highest BCUT2D eigenvalue weighted by Gasteiger charge is 2.43. The van der Waals surface area contributed by atoms with Gasteiger partial charge in [-0.2, -0.15) is 4.39 Å². The van der Waals surface area contributed by atoms with Crippen LogP contribution in [0.2, 0.25) is 0 Å². The summed E-state index contributed by atoms with van der Waals surface area (Å²) < 4.78 is 28.7. The zero-order chi connectivity index (χ0) is 23.1. The number of halogens is 2. The summed E-state index contributed by atoms with van der Waals surface area (Å²) in [6.07, 6.45) is 4.97. The number of piperidine rings is 1. The van der Waals surface area contributed by atoms with E-state index in [1.807, 2.05) is 18.2 Å². The predicted molar refractivity (Wildman–Crippen MR) is 124 cm³/mol. The molecular formula is C23H24F2N6OS. The number of fused-ring (bicyclic) bond motifs is 2. The maximum Gasteiger partial charge on any atom is 0.214 e. The molecule has 0 aliphatic carbocycles. The molecular weight excluding hydrogens is 446 g/mol. The Kier molecular flexibility index (Phi) is 5.88. The molecule has 0 radical (unpaired) electrons. The molecule has 2 aliphatic heterocycles. The Morgan fingerprint density at radius 2 is 2.00 bits per heavy atom. The van der Waals surface area contributed by atoms with Crippen molar-refractivity contribution in [2.24, 2.45) is 0 Å². The SMILES string of the molecule is CSc1cc(-c2ccc(-c3ncc(N(C)[C@H]4C[C@@H]5CC[C@@H](N5)[C@H]4F)nn3)c(O)c2)cc(F)n1. The number of nitrogens with zero attached hydrogens (tertiary/aromatic N) is 5. The van der Waals surface area contributed by atoms with Crippen LogP contribution in [-0.4, -0.2) is 62.9 Å². The van der Waals surface area contributed by atoms with Crippen molar-refractivity contribution in [2.45, 2.75) is 48.6 Å². The van der Waals surface area contributed by atoms with E-state index >= 15 is 0 Å². The third-order valence-corrected chi connectivity index (χ3v) is 7.14. The van der Waals surface area contributed by atoms with E-state index in [9.17, 15) is 13.9 Å². The summed E-state index contributed by atoms with van der Waals surface area (Å²) in [7, 11) is 1.82. The topological polar surface area (TPSA) is 87.1 Å². The van der Waals surface area contributed by atoms with Crippen LogP contribution in [0.5, 0.6) is 5.75 Å². The second-order valence-electron chi connectivity index (χ2n) is 8.50. The van der Waals surface area contributed by atoms with E-state index in [2.05, 4.69) is 25.5 Å². The lowest BCUT2D eigenvalue weighted by Gasteiger charge is -2.38. The number of anilines is 1. The molecule has 0 spiro atoms. The van der Waals surface area contributed by atoms with E-state index in [4.69, 9.17) is 0 Å². The van der Waals surface area contributed by atoms with E-state index < -0.39 is 12.1 Å². The standard InChI is InChI=1S/C23H24F2N6OS/c1-31(17-10-14-4-6-16(27-14)22(17)25)20-11-26-23(30-29-20)15-5-3-12(7-18(15)32)13-8-19(24)28-21(9-13)33-2/h3,5,7-9,11,14,16-17,22,27,32H,4,6,10H2,1-2H3/t14-,16+,17-,22+/m0/s1. The molecule has 1 aromatic carbocycles. The van der Waals surface area contributed by atoms with Crippen LogP contribution in [0.1, 0.15) is 19.3 Å². The van der Waals surface area contributed by atoms with Gasteiger partial charge in [0.25, 0.3) is 0 Å². The van der Waals surface area contributed by atoms with Gasteiger partial charge in [0.2, 0.25) is 5.95 Å². The minimum Gasteiger partial charge on any atom is -0.507 e.